The number of alkyl halides is 2. The van der Waals surface area contributed by atoms with Gasteiger partial charge in [0.2, 0.25) is 0 Å². The first-order chi connectivity index (χ1) is 11.5. The molecule has 0 aliphatic rings. The van der Waals surface area contributed by atoms with Crippen LogP contribution >= 0.6 is 11.8 Å². The van der Waals surface area contributed by atoms with Gasteiger partial charge in [0, 0.05) is 11.9 Å². The molecular formula is C15H15F2N3O3S. The van der Waals surface area contributed by atoms with Crippen LogP contribution in [0.2, 0.25) is 0 Å². The van der Waals surface area contributed by atoms with Crippen LogP contribution in [0, 0.1) is 0 Å². The number of halogens is 2. The molecule has 128 valence electrons. The van der Waals surface area contributed by atoms with Gasteiger partial charge in [0.15, 0.2) is 5.16 Å². The van der Waals surface area contributed by atoms with Gasteiger partial charge in [-0.3, -0.25) is 0 Å². The molecule has 1 N–H and O–H groups in total. The number of carbonyl (C=O) groups is 1. The van der Waals surface area contributed by atoms with Crippen molar-refractivity contribution in [3.05, 3.63) is 36.0 Å². The minimum Gasteiger partial charge on any atom is -0.462 e. The summed E-state index contributed by atoms with van der Waals surface area (Å²) in [5, 5.41) is 3.43. The van der Waals surface area contributed by atoms with Gasteiger partial charge in [-0.2, -0.15) is 8.78 Å². The number of anilines is 2. The minimum atomic E-state index is -2.88. The second-order valence-corrected chi connectivity index (χ2v) is 5.14. The minimum absolute atomic E-state index is 0.0358. The smallest absolute Gasteiger partial charge is 0.387 e. The van der Waals surface area contributed by atoms with Crippen molar-refractivity contribution in [3.63, 3.8) is 0 Å². The molecule has 1 aromatic heterocycles. The highest BCUT2D eigenvalue weighted by Gasteiger charge is 2.16. The summed E-state index contributed by atoms with van der Waals surface area (Å²) in [7, 11) is 0. The standard InChI is InChI=1S/C15H15F2N3O3S/c1-3-22-13(21)11-8-18-15(24-2)20-12(11)19-9-4-6-10(7-5-9)23-14(16)17/h4-8,14H,3H2,1-2H3,(H,18,19,20). The van der Waals surface area contributed by atoms with E-state index in [9.17, 15) is 13.6 Å². The van der Waals surface area contributed by atoms with Crippen LogP contribution in [0.25, 0.3) is 0 Å². The molecule has 9 heteroatoms. The van der Waals surface area contributed by atoms with E-state index in [2.05, 4.69) is 20.0 Å². The van der Waals surface area contributed by atoms with Gasteiger partial charge in [0.05, 0.1) is 6.61 Å². The Kier molecular flexibility index (Phi) is 6.30. The summed E-state index contributed by atoms with van der Waals surface area (Å²) in [6.07, 6.45) is 3.19. The fourth-order valence-corrected chi connectivity index (χ4v) is 2.11. The predicted octanol–water partition coefficient (Wildman–Crippen LogP) is 3.72. The Morgan fingerprint density at radius 1 is 1.33 bits per heavy atom. The number of rotatable bonds is 7. The van der Waals surface area contributed by atoms with Crippen molar-refractivity contribution < 1.29 is 23.0 Å². The maximum Gasteiger partial charge on any atom is 0.387 e. The van der Waals surface area contributed by atoms with Crippen LogP contribution < -0.4 is 10.1 Å². The summed E-state index contributed by atoms with van der Waals surface area (Å²) in [6, 6.07) is 5.84. The van der Waals surface area contributed by atoms with E-state index in [0.29, 0.717) is 10.8 Å². The number of aromatic nitrogens is 2. The lowest BCUT2D eigenvalue weighted by atomic mass is 10.2. The molecule has 0 fully saturated rings. The number of esters is 1. The Morgan fingerprint density at radius 2 is 2.04 bits per heavy atom. The lowest BCUT2D eigenvalue weighted by molar-refractivity contribution is -0.0498. The molecular weight excluding hydrogens is 340 g/mol. The van der Waals surface area contributed by atoms with E-state index in [1.807, 2.05) is 0 Å². The van der Waals surface area contributed by atoms with E-state index in [1.165, 1.54) is 42.2 Å². The molecule has 0 saturated carbocycles. The second kappa shape index (κ2) is 8.44. The van der Waals surface area contributed by atoms with E-state index in [4.69, 9.17) is 4.74 Å². The summed E-state index contributed by atoms with van der Waals surface area (Å²) >= 11 is 1.32. The Labute approximate surface area is 141 Å². The molecule has 0 unspecified atom stereocenters. The molecule has 0 amide bonds. The van der Waals surface area contributed by atoms with Gasteiger partial charge in [0.25, 0.3) is 0 Å². The molecule has 1 heterocycles. The third kappa shape index (κ3) is 4.79. The number of benzene rings is 1. The normalized spacial score (nSPS) is 10.5. The average molecular weight is 355 g/mol. The van der Waals surface area contributed by atoms with Crippen molar-refractivity contribution in [3.8, 4) is 5.75 Å². The number of nitrogens with zero attached hydrogens (tertiary/aromatic N) is 2. The fraction of sp³-hybridized carbons (Fsp3) is 0.267. The number of nitrogens with one attached hydrogen (secondary N) is 1. The molecule has 0 radical (unpaired) electrons. The van der Waals surface area contributed by atoms with Crippen molar-refractivity contribution in [2.45, 2.75) is 18.7 Å². The molecule has 0 bridgehead atoms. The molecule has 2 aromatic rings. The number of carbonyl (C=O) groups excluding carboxylic acids is 1. The van der Waals surface area contributed by atoms with Crippen LogP contribution in [0.5, 0.6) is 5.75 Å². The number of ether oxygens (including phenoxy) is 2. The predicted molar refractivity (Wildman–Crippen MR) is 86.1 cm³/mol. The first kappa shape index (κ1) is 17.9. The molecule has 1 aromatic carbocycles. The third-order valence-electron chi connectivity index (χ3n) is 2.79. The first-order valence-electron chi connectivity index (χ1n) is 6.93. The molecule has 2 rings (SSSR count). The number of thioether (sulfide) groups is 1. The Hall–Kier alpha value is -2.42. The maximum atomic E-state index is 12.2. The monoisotopic (exact) mass is 355 g/mol. The Bertz CT molecular complexity index is 699. The highest BCUT2D eigenvalue weighted by Crippen LogP contribution is 2.24. The summed E-state index contributed by atoms with van der Waals surface area (Å²) in [5.41, 5.74) is 0.732. The molecule has 0 aliphatic heterocycles. The van der Waals surface area contributed by atoms with Gasteiger partial charge in [-0.25, -0.2) is 14.8 Å². The average Bonchev–Trinajstić information content (AvgIpc) is 2.56. The highest BCUT2D eigenvalue weighted by atomic mass is 32.2. The van der Waals surface area contributed by atoms with Crippen LogP contribution in [-0.2, 0) is 4.74 Å². The van der Waals surface area contributed by atoms with E-state index in [-0.39, 0.29) is 23.7 Å². The van der Waals surface area contributed by atoms with Crippen LogP contribution in [-0.4, -0.2) is 35.4 Å². The highest BCUT2D eigenvalue weighted by molar-refractivity contribution is 7.98. The van der Waals surface area contributed by atoms with Crippen molar-refractivity contribution >= 4 is 29.2 Å². The number of hydrogen-bond donors (Lipinski definition) is 1. The van der Waals surface area contributed by atoms with Crippen LogP contribution in [0.4, 0.5) is 20.3 Å². The van der Waals surface area contributed by atoms with Crippen LogP contribution in [0.3, 0.4) is 0 Å². The quantitative estimate of drug-likeness (QED) is 0.461. The molecule has 0 spiro atoms. The molecule has 0 saturated heterocycles. The number of hydrogen-bond acceptors (Lipinski definition) is 7. The molecule has 6 nitrogen and oxygen atoms in total. The third-order valence-corrected chi connectivity index (χ3v) is 3.35. The largest absolute Gasteiger partial charge is 0.462 e. The van der Waals surface area contributed by atoms with Crippen LogP contribution in [0.1, 0.15) is 17.3 Å². The lowest BCUT2D eigenvalue weighted by Gasteiger charge is -2.11. The second-order valence-electron chi connectivity index (χ2n) is 4.37. The van der Waals surface area contributed by atoms with E-state index in [0.717, 1.165) is 0 Å². The zero-order valence-electron chi connectivity index (χ0n) is 13.0. The van der Waals surface area contributed by atoms with Crippen molar-refractivity contribution in [1.29, 1.82) is 0 Å². The summed E-state index contributed by atoms with van der Waals surface area (Å²) in [5.74, 6) is -0.241. The van der Waals surface area contributed by atoms with E-state index < -0.39 is 12.6 Å². The van der Waals surface area contributed by atoms with Crippen molar-refractivity contribution in [2.75, 3.05) is 18.2 Å². The molecule has 0 aliphatic carbocycles. The van der Waals surface area contributed by atoms with Gasteiger partial charge in [-0.1, -0.05) is 11.8 Å². The first-order valence-corrected chi connectivity index (χ1v) is 8.16. The topological polar surface area (TPSA) is 73.3 Å². The van der Waals surface area contributed by atoms with Crippen molar-refractivity contribution in [1.82, 2.24) is 9.97 Å². The van der Waals surface area contributed by atoms with Gasteiger partial charge in [-0.05, 0) is 37.4 Å². The SMILES string of the molecule is CCOC(=O)c1cnc(SC)nc1Nc1ccc(OC(F)F)cc1. The summed E-state index contributed by atoms with van der Waals surface area (Å²) in [4.78, 5) is 20.3. The summed E-state index contributed by atoms with van der Waals surface area (Å²) < 4.78 is 33.6. The Morgan fingerprint density at radius 3 is 2.62 bits per heavy atom. The molecule has 0 atom stereocenters. The Balaban J connectivity index is 2.25. The van der Waals surface area contributed by atoms with Gasteiger partial charge < -0.3 is 14.8 Å². The van der Waals surface area contributed by atoms with Gasteiger partial charge in [-0.15, -0.1) is 0 Å². The summed E-state index contributed by atoms with van der Waals surface area (Å²) in [6.45, 7) is -0.961. The zero-order valence-corrected chi connectivity index (χ0v) is 13.8. The zero-order chi connectivity index (χ0) is 17.5. The molecule has 24 heavy (non-hydrogen) atoms. The van der Waals surface area contributed by atoms with Crippen molar-refractivity contribution in [2.24, 2.45) is 0 Å². The maximum absolute atomic E-state index is 12.2. The van der Waals surface area contributed by atoms with Gasteiger partial charge >= 0.3 is 12.6 Å². The van der Waals surface area contributed by atoms with E-state index in [1.54, 1.807) is 13.2 Å². The lowest BCUT2D eigenvalue weighted by Crippen LogP contribution is -2.10. The fourth-order valence-electron chi connectivity index (χ4n) is 1.77. The van der Waals surface area contributed by atoms with Gasteiger partial charge in [0.1, 0.15) is 17.1 Å². The van der Waals surface area contributed by atoms with Crippen LogP contribution in [0.15, 0.2) is 35.6 Å². The van der Waals surface area contributed by atoms with E-state index >= 15 is 0 Å².